The van der Waals surface area contributed by atoms with Crippen LogP contribution in [-0.4, -0.2) is 42.4 Å². The molecule has 2 rings (SSSR count). The van der Waals surface area contributed by atoms with Crippen LogP contribution >= 0.6 is 0 Å². The molecule has 1 aliphatic carbocycles. The largest absolute Gasteiger partial charge is 0.465 e. The fourth-order valence-electron chi connectivity index (χ4n) is 1.93. The van der Waals surface area contributed by atoms with E-state index in [0.29, 0.717) is 29.7 Å². The molecule has 0 unspecified atom stereocenters. The second-order valence-corrected chi connectivity index (χ2v) is 4.24. The molecular formula is C12H17N3O3. The van der Waals surface area contributed by atoms with Crippen LogP contribution in [0.3, 0.4) is 0 Å². The highest BCUT2D eigenvalue weighted by Crippen LogP contribution is 2.34. The van der Waals surface area contributed by atoms with Crippen molar-refractivity contribution in [2.75, 3.05) is 30.9 Å². The van der Waals surface area contributed by atoms with Crippen LogP contribution < -0.4 is 10.6 Å². The Morgan fingerprint density at radius 1 is 1.67 bits per heavy atom. The van der Waals surface area contributed by atoms with Gasteiger partial charge in [-0.05, 0) is 18.9 Å². The van der Waals surface area contributed by atoms with Crippen LogP contribution in [0.25, 0.3) is 0 Å². The molecule has 1 aliphatic rings. The zero-order valence-corrected chi connectivity index (χ0v) is 10.3. The van der Waals surface area contributed by atoms with Crippen LogP contribution in [0.2, 0.25) is 0 Å². The monoisotopic (exact) mass is 251 g/mol. The summed E-state index contributed by atoms with van der Waals surface area (Å²) in [5.74, 6) is 0.0744. The number of nitrogens with zero attached hydrogens (tertiary/aromatic N) is 2. The zero-order chi connectivity index (χ0) is 13.1. The van der Waals surface area contributed by atoms with Crippen molar-refractivity contribution >= 4 is 17.5 Å². The molecule has 0 aromatic carbocycles. The Morgan fingerprint density at radius 2 is 2.39 bits per heavy atom. The summed E-state index contributed by atoms with van der Waals surface area (Å²) in [6, 6.07) is 1.90. The maximum Gasteiger partial charge on any atom is 0.340 e. The third-order valence-corrected chi connectivity index (χ3v) is 2.98. The number of aliphatic hydroxyl groups excluding tert-OH is 1. The quantitative estimate of drug-likeness (QED) is 0.737. The number of ether oxygens (including phenoxy) is 1. The number of anilines is 2. The van der Waals surface area contributed by atoms with E-state index in [1.165, 1.54) is 19.4 Å². The molecule has 1 saturated carbocycles. The van der Waals surface area contributed by atoms with Crippen LogP contribution in [0.15, 0.2) is 12.3 Å². The number of hydrogen-bond acceptors (Lipinski definition) is 6. The van der Waals surface area contributed by atoms with Gasteiger partial charge in [-0.2, -0.15) is 0 Å². The lowest BCUT2D eigenvalue weighted by atomic mass is 10.2. The zero-order valence-electron chi connectivity index (χ0n) is 10.3. The first-order valence-corrected chi connectivity index (χ1v) is 5.89. The molecule has 3 N–H and O–H groups in total. The van der Waals surface area contributed by atoms with E-state index in [-0.39, 0.29) is 6.61 Å². The van der Waals surface area contributed by atoms with Crippen molar-refractivity contribution in [3.63, 3.8) is 0 Å². The predicted octanol–water partition coefficient (Wildman–Crippen LogP) is 0.411. The van der Waals surface area contributed by atoms with Gasteiger partial charge in [0.05, 0.1) is 25.0 Å². The molecule has 6 heteroatoms. The first kappa shape index (κ1) is 12.6. The molecule has 1 fully saturated rings. The molecule has 18 heavy (non-hydrogen) atoms. The summed E-state index contributed by atoms with van der Waals surface area (Å²) in [7, 11) is 1.31. The molecule has 0 radical (unpaired) electrons. The number of esters is 1. The molecule has 0 aliphatic heterocycles. The van der Waals surface area contributed by atoms with Crippen molar-refractivity contribution in [3.05, 3.63) is 17.8 Å². The molecule has 98 valence electrons. The van der Waals surface area contributed by atoms with Gasteiger partial charge in [0.2, 0.25) is 0 Å². The Kier molecular flexibility index (Phi) is 3.66. The van der Waals surface area contributed by atoms with Crippen molar-refractivity contribution < 1.29 is 14.6 Å². The lowest BCUT2D eigenvalue weighted by Gasteiger charge is -2.24. The average molecular weight is 251 g/mol. The number of nitrogens with two attached hydrogens (primary N) is 1. The first-order chi connectivity index (χ1) is 8.69. The number of methoxy groups -OCH3 is 1. The molecule has 6 nitrogen and oxygen atoms in total. The number of carbonyl (C=O) groups is 1. The molecule has 1 aromatic heterocycles. The summed E-state index contributed by atoms with van der Waals surface area (Å²) in [5, 5.41) is 9.09. The van der Waals surface area contributed by atoms with Gasteiger partial charge in [0, 0.05) is 18.8 Å². The summed E-state index contributed by atoms with van der Waals surface area (Å²) < 4.78 is 4.67. The molecule has 1 heterocycles. The van der Waals surface area contributed by atoms with E-state index < -0.39 is 5.97 Å². The van der Waals surface area contributed by atoms with Crippen LogP contribution in [0.1, 0.15) is 23.2 Å². The van der Waals surface area contributed by atoms with E-state index in [0.717, 1.165) is 12.8 Å². The lowest BCUT2D eigenvalue weighted by molar-refractivity contribution is 0.0602. The highest BCUT2D eigenvalue weighted by atomic mass is 16.5. The van der Waals surface area contributed by atoms with E-state index in [1.807, 2.05) is 4.90 Å². The minimum atomic E-state index is -0.476. The standard InChI is InChI=1S/C12H17N3O3/c1-18-12(17)9-4-5-14-11(10(9)13)15(6-7-16)8-2-3-8/h4-5,8,16H,2-3,6-7,13H2,1H3. The summed E-state index contributed by atoms with van der Waals surface area (Å²) in [6.45, 7) is 0.493. The van der Waals surface area contributed by atoms with Gasteiger partial charge < -0.3 is 20.5 Å². The fourth-order valence-corrected chi connectivity index (χ4v) is 1.93. The van der Waals surface area contributed by atoms with Gasteiger partial charge in [-0.3, -0.25) is 0 Å². The number of aliphatic hydroxyl groups is 1. The van der Waals surface area contributed by atoms with Gasteiger partial charge >= 0.3 is 5.97 Å². The van der Waals surface area contributed by atoms with Gasteiger partial charge in [0.15, 0.2) is 5.82 Å². The summed E-state index contributed by atoms with van der Waals surface area (Å²) in [5.41, 5.74) is 6.59. The van der Waals surface area contributed by atoms with Gasteiger partial charge in [-0.1, -0.05) is 0 Å². The minimum absolute atomic E-state index is 0.0278. The average Bonchev–Trinajstić information content (AvgIpc) is 3.20. The first-order valence-electron chi connectivity index (χ1n) is 5.89. The number of rotatable bonds is 5. The Balaban J connectivity index is 2.34. The van der Waals surface area contributed by atoms with Crippen LogP contribution in [-0.2, 0) is 4.74 Å². The Hall–Kier alpha value is -1.82. The summed E-state index contributed by atoms with van der Waals surface area (Å²) in [4.78, 5) is 17.7. The molecule has 1 aromatic rings. The molecule has 0 amide bonds. The topological polar surface area (TPSA) is 88.7 Å². The summed E-state index contributed by atoms with van der Waals surface area (Å²) in [6.07, 6.45) is 3.65. The van der Waals surface area contributed by atoms with E-state index in [9.17, 15) is 4.79 Å². The number of pyridine rings is 1. The third kappa shape index (κ3) is 2.38. The maximum atomic E-state index is 11.6. The Labute approximate surface area is 105 Å². The van der Waals surface area contributed by atoms with Crippen molar-refractivity contribution in [3.8, 4) is 0 Å². The maximum absolute atomic E-state index is 11.6. The van der Waals surface area contributed by atoms with Crippen LogP contribution in [0, 0.1) is 0 Å². The van der Waals surface area contributed by atoms with Crippen LogP contribution in [0.5, 0.6) is 0 Å². The van der Waals surface area contributed by atoms with E-state index in [2.05, 4.69) is 9.72 Å². The molecule has 0 bridgehead atoms. The Morgan fingerprint density at radius 3 is 2.94 bits per heavy atom. The molecule has 0 atom stereocenters. The van der Waals surface area contributed by atoms with E-state index >= 15 is 0 Å². The van der Waals surface area contributed by atoms with Crippen molar-refractivity contribution in [2.45, 2.75) is 18.9 Å². The van der Waals surface area contributed by atoms with Gasteiger partial charge in [-0.25, -0.2) is 9.78 Å². The summed E-state index contributed by atoms with van der Waals surface area (Å²) >= 11 is 0. The van der Waals surface area contributed by atoms with E-state index in [4.69, 9.17) is 10.8 Å². The van der Waals surface area contributed by atoms with Crippen molar-refractivity contribution in [2.24, 2.45) is 0 Å². The second kappa shape index (κ2) is 5.22. The Bertz CT molecular complexity index is 446. The highest BCUT2D eigenvalue weighted by molar-refractivity contribution is 5.97. The number of hydrogen-bond donors (Lipinski definition) is 2. The normalized spacial score (nSPS) is 14.3. The second-order valence-electron chi connectivity index (χ2n) is 4.24. The molecular weight excluding hydrogens is 234 g/mol. The number of aromatic nitrogens is 1. The fraction of sp³-hybridized carbons (Fsp3) is 0.500. The third-order valence-electron chi connectivity index (χ3n) is 2.98. The van der Waals surface area contributed by atoms with Crippen molar-refractivity contribution in [1.82, 2.24) is 4.98 Å². The van der Waals surface area contributed by atoms with Gasteiger partial charge in [-0.15, -0.1) is 0 Å². The highest BCUT2D eigenvalue weighted by Gasteiger charge is 2.31. The van der Waals surface area contributed by atoms with Gasteiger partial charge in [0.25, 0.3) is 0 Å². The van der Waals surface area contributed by atoms with Crippen molar-refractivity contribution in [1.29, 1.82) is 0 Å². The smallest absolute Gasteiger partial charge is 0.340 e. The number of carbonyl (C=O) groups excluding carboxylic acids is 1. The van der Waals surface area contributed by atoms with Crippen LogP contribution in [0.4, 0.5) is 11.5 Å². The molecule has 0 saturated heterocycles. The molecule has 0 spiro atoms. The minimum Gasteiger partial charge on any atom is -0.465 e. The number of nitrogen functional groups attached to an aromatic ring is 1. The van der Waals surface area contributed by atoms with E-state index in [1.54, 1.807) is 0 Å². The van der Waals surface area contributed by atoms with Gasteiger partial charge in [0.1, 0.15) is 0 Å². The predicted molar refractivity (Wildman–Crippen MR) is 67.4 cm³/mol. The lowest BCUT2D eigenvalue weighted by Crippen LogP contribution is -2.31. The SMILES string of the molecule is COC(=O)c1ccnc(N(CCO)C2CC2)c1N.